The summed E-state index contributed by atoms with van der Waals surface area (Å²) in [4.78, 5) is 16.8. The van der Waals surface area contributed by atoms with Crippen molar-refractivity contribution in [1.82, 2.24) is 20.0 Å². The Bertz CT molecular complexity index is 929. The zero-order chi connectivity index (χ0) is 19.2. The van der Waals surface area contributed by atoms with Crippen molar-refractivity contribution in [2.24, 2.45) is 0 Å². The number of carbonyl (C=O) groups excluding carboxylic acids is 1. The van der Waals surface area contributed by atoms with Crippen LogP contribution in [0.4, 0.5) is 0 Å². The lowest BCUT2D eigenvalue weighted by Crippen LogP contribution is -2.48. The molecule has 1 aliphatic heterocycles. The van der Waals surface area contributed by atoms with Crippen LogP contribution in [0.25, 0.3) is 17.5 Å². The van der Waals surface area contributed by atoms with Gasteiger partial charge in [0.25, 0.3) is 0 Å². The lowest BCUT2D eigenvalue weighted by atomic mass is 10.2. The van der Waals surface area contributed by atoms with E-state index >= 15 is 0 Å². The second-order valence-electron chi connectivity index (χ2n) is 6.68. The Morgan fingerprint density at radius 2 is 1.61 bits per heavy atom. The van der Waals surface area contributed by atoms with Gasteiger partial charge in [-0.3, -0.25) is 9.69 Å². The van der Waals surface area contributed by atoms with E-state index in [0.717, 1.165) is 25.2 Å². The van der Waals surface area contributed by atoms with E-state index in [1.165, 1.54) is 5.56 Å². The van der Waals surface area contributed by atoms with Crippen molar-refractivity contribution in [2.45, 2.75) is 0 Å². The summed E-state index contributed by atoms with van der Waals surface area (Å²) in [5.74, 6) is 0.221. The van der Waals surface area contributed by atoms with Crippen LogP contribution in [0, 0.1) is 0 Å². The Labute approximate surface area is 164 Å². The van der Waals surface area contributed by atoms with Crippen molar-refractivity contribution in [3.05, 3.63) is 78.2 Å². The number of aromatic nitrogens is 2. The van der Waals surface area contributed by atoms with Crippen molar-refractivity contribution in [3.63, 3.8) is 0 Å². The molecule has 2 aromatic carbocycles. The zero-order valence-corrected chi connectivity index (χ0v) is 15.6. The summed E-state index contributed by atoms with van der Waals surface area (Å²) >= 11 is 0. The van der Waals surface area contributed by atoms with E-state index < -0.39 is 0 Å². The molecule has 1 fully saturated rings. The number of carbonyl (C=O) groups is 1. The van der Waals surface area contributed by atoms with Gasteiger partial charge < -0.3 is 9.32 Å². The van der Waals surface area contributed by atoms with Gasteiger partial charge in [0.15, 0.2) is 0 Å². The van der Waals surface area contributed by atoms with E-state index in [1.807, 2.05) is 48.5 Å². The zero-order valence-electron chi connectivity index (χ0n) is 15.6. The molecule has 142 valence electrons. The van der Waals surface area contributed by atoms with Crippen LogP contribution in [-0.4, -0.2) is 58.6 Å². The smallest absolute Gasteiger partial charge is 0.311 e. The quantitative estimate of drug-likeness (QED) is 0.686. The molecule has 28 heavy (non-hydrogen) atoms. The maximum Gasteiger partial charge on any atom is 0.311 e. The molecular weight excluding hydrogens is 352 g/mol. The number of amides is 1. The normalized spacial score (nSPS) is 15.2. The SMILES string of the molecule is O=C(c1nnc(-c2ccccc2)o1)N1CCN(C/C=C/c2ccccc2)CC1. The predicted molar refractivity (Wildman–Crippen MR) is 108 cm³/mol. The van der Waals surface area contributed by atoms with Crippen LogP contribution in [0.3, 0.4) is 0 Å². The van der Waals surface area contributed by atoms with E-state index in [4.69, 9.17) is 4.42 Å². The van der Waals surface area contributed by atoms with Crippen LogP contribution < -0.4 is 0 Å². The van der Waals surface area contributed by atoms with Gasteiger partial charge >= 0.3 is 11.8 Å². The first kappa shape index (κ1) is 18.1. The highest BCUT2D eigenvalue weighted by molar-refractivity contribution is 5.89. The average molecular weight is 374 g/mol. The van der Waals surface area contributed by atoms with Crippen LogP contribution in [0.2, 0.25) is 0 Å². The summed E-state index contributed by atoms with van der Waals surface area (Å²) in [6.45, 7) is 3.83. The summed E-state index contributed by atoms with van der Waals surface area (Å²) in [5.41, 5.74) is 2.01. The van der Waals surface area contributed by atoms with Gasteiger partial charge in [0.1, 0.15) is 0 Å². The minimum absolute atomic E-state index is 0.0521. The van der Waals surface area contributed by atoms with E-state index in [1.54, 1.807) is 4.90 Å². The molecule has 4 rings (SSSR count). The molecule has 3 aromatic rings. The fraction of sp³-hybridized carbons (Fsp3) is 0.227. The Morgan fingerprint density at radius 1 is 0.929 bits per heavy atom. The van der Waals surface area contributed by atoms with E-state index in [2.05, 4.69) is 39.4 Å². The van der Waals surface area contributed by atoms with Crippen molar-refractivity contribution in [2.75, 3.05) is 32.7 Å². The highest BCUT2D eigenvalue weighted by Crippen LogP contribution is 2.18. The van der Waals surface area contributed by atoms with Crippen molar-refractivity contribution >= 4 is 12.0 Å². The standard InChI is InChI=1S/C22H22N4O2/c27-22(21-24-23-20(28-21)19-11-5-2-6-12-19)26-16-14-25(15-17-26)13-7-10-18-8-3-1-4-9-18/h1-12H,13-17H2/b10-7+. The van der Waals surface area contributed by atoms with Gasteiger partial charge in [-0.25, -0.2) is 0 Å². The maximum atomic E-state index is 12.6. The Kier molecular flexibility index (Phi) is 5.58. The van der Waals surface area contributed by atoms with Crippen LogP contribution in [0.5, 0.6) is 0 Å². The van der Waals surface area contributed by atoms with Gasteiger partial charge in [0.2, 0.25) is 5.89 Å². The van der Waals surface area contributed by atoms with Gasteiger partial charge in [-0.05, 0) is 17.7 Å². The van der Waals surface area contributed by atoms with Crippen molar-refractivity contribution in [1.29, 1.82) is 0 Å². The Morgan fingerprint density at radius 3 is 2.32 bits per heavy atom. The van der Waals surface area contributed by atoms with Gasteiger partial charge in [-0.1, -0.05) is 60.7 Å². The summed E-state index contributed by atoms with van der Waals surface area (Å²) in [6.07, 6.45) is 4.29. The molecular formula is C22H22N4O2. The molecule has 0 N–H and O–H groups in total. The highest BCUT2D eigenvalue weighted by Gasteiger charge is 2.25. The van der Waals surface area contributed by atoms with Gasteiger partial charge in [-0.2, -0.15) is 0 Å². The van der Waals surface area contributed by atoms with Crippen LogP contribution >= 0.6 is 0 Å². The Balaban J connectivity index is 1.29. The molecule has 0 radical (unpaired) electrons. The first-order chi connectivity index (χ1) is 13.8. The number of rotatable bonds is 5. The molecule has 0 bridgehead atoms. The third-order valence-corrected chi connectivity index (χ3v) is 4.76. The average Bonchev–Trinajstić information content (AvgIpc) is 3.25. The van der Waals surface area contributed by atoms with Crippen molar-refractivity contribution in [3.8, 4) is 11.5 Å². The molecule has 0 spiro atoms. The third kappa shape index (κ3) is 4.35. The molecule has 0 atom stereocenters. The first-order valence-electron chi connectivity index (χ1n) is 9.42. The number of piperazine rings is 1. The molecule has 1 amide bonds. The van der Waals surface area contributed by atoms with Gasteiger partial charge in [0.05, 0.1) is 0 Å². The molecule has 0 saturated carbocycles. The molecule has 6 heteroatoms. The topological polar surface area (TPSA) is 62.5 Å². The second kappa shape index (κ2) is 8.63. The van der Waals surface area contributed by atoms with Crippen LogP contribution in [-0.2, 0) is 0 Å². The monoisotopic (exact) mass is 374 g/mol. The predicted octanol–water partition coefficient (Wildman–Crippen LogP) is 3.21. The second-order valence-corrected chi connectivity index (χ2v) is 6.68. The molecule has 1 saturated heterocycles. The summed E-state index contributed by atoms with van der Waals surface area (Å²) < 4.78 is 5.59. The fourth-order valence-corrected chi connectivity index (χ4v) is 3.18. The highest BCUT2D eigenvalue weighted by atomic mass is 16.4. The maximum absolute atomic E-state index is 12.6. The summed E-state index contributed by atoms with van der Waals surface area (Å²) in [6, 6.07) is 19.7. The summed E-state index contributed by atoms with van der Waals surface area (Å²) in [7, 11) is 0. The van der Waals surface area contributed by atoms with Crippen LogP contribution in [0.15, 0.2) is 71.2 Å². The third-order valence-electron chi connectivity index (χ3n) is 4.76. The number of nitrogens with zero attached hydrogens (tertiary/aromatic N) is 4. The van der Waals surface area contributed by atoms with E-state index in [9.17, 15) is 4.79 Å². The number of hydrogen-bond donors (Lipinski definition) is 0. The van der Waals surface area contributed by atoms with Gasteiger partial charge in [0, 0.05) is 38.3 Å². The molecule has 2 heterocycles. The Hall–Kier alpha value is -3.25. The fourth-order valence-electron chi connectivity index (χ4n) is 3.18. The number of benzene rings is 2. The molecule has 0 aliphatic carbocycles. The molecule has 6 nitrogen and oxygen atoms in total. The van der Waals surface area contributed by atoms with Crippen LogP contribution in [0.1, 0.15) is 16.2 Å². The lowest BCUT2D eigenvalue weighted by molar-refractivity contribution is 0.0612. The summed E-state index contributed by atoms with van der Waals surface area (Å²) in [5, 5.41) is 7.94. The number of hydrogen-bond acceptors (Lipinski definition) is 5. The van der Waals surface area contributed by atoms with Crippen molar-refractivity contribution < 1.29 is 9.21 Å². The lowest BCUT2D eigenvalue weighted by Gasteiger charge is -2.33. The molecule has 1 aliphatic rings. The van der Waals surface area contributed by atoms with E-state index in [0.29, 0.717) is 19.0 Å². The minimum Gasteiger partial charge on any atom is -0.412 e. The molecule has 0 unspecified atom stereocenters. The molecule has 1 aromatic heterocycles. The minimum atomic E-state index is -0.200. The van der Waals surface area contributed by atoms with E-state index in [-0.39, 0.29) is 11.8 Å². The van der Waals surface area contributed by atoms with Gasteiger partial charge in [-0.15, -0.1) is 10.2 Å². The largest absolute Gasteiger partial charge is 0.412 e. The first-order valence-corrected chi connectivity index (χ1v) is 9.42.